The Kier molecular flexibility index (Phi) is 14.2. The second kappa shape index (κ2) is 19.9. The highest BCUT2D eigenvalue weighted by Gasteiger charge is 2.25. The first-order valence-electron chi connectivity index (χ1n) is 21.6. The molecular formula is C45H56N12O6S. The van der Waals surface area contributed by atoms with Gasteiger partial charge in [-0.15, -0.1) is 11.3 Å². The number of ketones is 1. The fourth-order valence-corrected chi connectivity index (χ4v) is 9.05. The van der Waals surface area contributed by atoms with Gasteiger partial charge in [-0.3, -0.25) is 29.2 Å². The molecule has 5 heterocycles. The molecule has 2 aromatic carbocycles. The van der Waals surface area contributed by atoms with Crippen molar-refractivity contribution < 1.29 is 28.7 Å². The summed E-state index contributed by atoms with van der Waals surface area (Å²) in [7, 11) is 1.50. The third-order valence-corrected chi connectivity index (χ3v) is 12.4. The third-order valence-electron chi connectivity index (χ3n) is 11.4. The summed E-state index contributed by atoms with van der Waals surface area (Å²) in [5.41, 5.74) is 15.7. The number of aryl methyl sites for hydroxylation is 4. The molecule has 0 bridgehead atoms. The van der Waals surface area contributed by atoms with E-state index in [1.807, 2.05) is 49.0 Å². The predicted octanol–water partition coefficient (Wildman–Crippen LogP) is 4.79. The first kappa shape index (κ1) is 45.6. The van der Waals surface area contributed by atoms with Gasteiger partial charge in [-0.05, 0) is 70.5 Å². The predicted molar refractivity (Wildman–Crippen MR) is 246 cm³/mol. The van der Waals surface area contributed by atoms with E-state index in [9.17, 15) is 19.2 Å². The smallest absolute Gasteiger partial charge is 0.276 e. The molecule has 0 radical (unpaired) electrons. The van der Waals surface area contributed by atoms with Crippen LogP contribution in [0.5, 0.6) is 11.5 Å². The number of hydrogen-bond donors (Lipinski definition) is 3. The number of aromatic nitrogens is 7. The Hall–Kier alpha value is -6.44. The number of nitrogens with zero attached hydrogens (tertiary/aromatic N) is 9. The van der Waals surface area contributed by atoms with Crippen LogP contribution in [0.2, 0.25) is 0 Å². The number of imidazole rings is 2. The number of anilines is 1. The lowest BCUT2D eigenvalue weighted by atomic mass is 10.1. The molecule has 1 aliphatic heterocycles. The molecule has 64 heavy (non-hydrogen) atoms. The molecule has 4 aromatic heterocycles. The lowest BCUT2D eigenvalue weighted by Gasteiger charge is -2.33. The lowest BCUT2D eigenvalue weighted by molar-refractivity contribution is 0.0986. The standard InChI is InChI=1S/C45H56N12O6S/c1-7-31-41(64-28(5)48-31)35(58)26-38-49-32-22-29(42(46)59)24-36(62-6)39(32)55(38)14-10-11-15-56-40-33(50-45(56)51-44(61)34-21-27(4)52-57(34)9-3)23-30(43(47)60)25-37(40)63-20-12-13-54-18-16-53(8-2)17-19-54/h10-11,21-25H,7-9,12-20,26H2,1-6H3,(H2,46,59)(H2,47,60)(H,50,51,61)/b11-10+. The molecule has 1 aliphatic rings. The van der Waals surface area contributed by atoms with Gasteiger partial charge in [-0.25, -0.2) is 15.0 Å². The molecule has 0 aliphatic carbocycles. The van der Waals surface area contributed by atoms with Crippen LogP contribution in [0, 0.1) is 13.8 Å². The number of nitrogens with one attached hydrogen (secondary N) is 1. The summed E-state index contributed by atoms with van der Waals surface area (Å²) >= 11 is 1.36. The van der Waals surface area contributed by atoms with E-state index in [0.717, 1.165) is 56.4 Å². The summed E-state index contributed by atoms with van der Waals surface area (Å²) in [4.78, 5) is 72.3. The zero-order valence-corrected chi connectivity index (χ0v) is 38.1. The quantitative estimate of drug-likeness (QED) is 0.0535. The third kappa shape index (κ3) is 9.85. The van der Waals surface area contributed by atoms with Crippen LogP contribution in [0.3, 0.4) is 0 Å². The number of nitrogens with two attached hydrogens (primary N) is 2. The maximum atomic E-state index is 13.9. The minimum atomic E-state index is -0.639. The van der Waals surface area contributed by atoms with Gasteiger partial charge < -0.3 is 39.9 Å². The van der Waals surface area contributed by atoms with Crippen molar-refractivity contribution in [2.24, 2.45) is 11.5 Å². The van der Waals surface area contributed by atoms with Crippen molar-refractivity contribution in [3.8, 4) is 11.5 Å². The van der Waals surface area contributed by atoms with Gasteiger partial charge in [-0.1, -0.05) is 26.0 Å². The van der Waals surface area contributed by atoms with Crippen molar-refractivity contribution in [3.05, 3.63) is 86.4 Å². The largest absolute Gasteiger partial charge is 0.494 e. The molecule has 7 rings (SSSR count). The van der Waals surface area contributed by atoms with E-state index < -0.39 is 17.7 Å². The Morgan fingerprint density at radius 2 is 1.45 bits per heavy atom. The Morgan fingerprint density at radius 3 is 2.09 bits per heavy atom. The molecule has 0 atom stereocenters. The Morgan fingerprint density at radius 1 is 0.812 bits per heavy atom. The average molecular weight is 893 g/mol. The highest BCUT2D eigenvalue weighted by Crippen LogP contribution is 2.33. The number of benzene rings is 2. The average Bonchev–Trinajstić information content (AvgIpc) is 4.05. The summed E-state index contributed by atoms with van der Waals surface area (Å²) in [6, 6.07) is 8.08. The van der Waals surface area contributed by atoms with Crippen LogP contribution in [0.1, 0.15) is 90.3 Å². The summed E-state index contributed by atoms with van der Waals surface area (Å²) in [5.74, 6) is -0.352. The molecule has 0 spiro atoms. The van der Waals surface area contributed by atoms with Crippen LogP contribution in [-0.4, -0.2) is 120 Å². The highest BCUT2D eigenvalue weighted by atomic mass is 32.1. The van der Waals surface area contributed by atoms with E-state index in [4.69, 9.17) is 30.9 Å². The fourth-order valence-electron chi connectivity index (χ4n) is 8.11. The van der Waals surface area contributed by atoms with Gasteiger partial charge in [0.15, 0.2) is 5.78 Å². The molecule has 18 nitrogen and oxygen atoms in total. The summed E-state index contributed by atoms with van der Waals surface area (Å²) in [5, 5.41) is 8.24. The Labute approximate surface area is 375 Å². The van der Waals surface area contributed by atoms with Gasteiger partial charge in [0.1, 0.15) is 34.1 Å². The van der Waals surface area contributed by atoms with Crippen molar-refractivity contribution in [2.75, 3.05) is 58.3 Å². The summed E-state index contributed by atoms with van der Waals surface area (Å²) in [6.45, 7) is 17.0. The normalized spacial score (nSPS) is 13.7. The van der Waals surface area contributed by atoms with Crippen LogP contribution in [-0.2, 0) is 32.5 Å². The molecule has 3 amide bonds. The number of carbonyl (C=O) groups excluding carboxylic acids is 4. The number of ether oxygens (including phenoxy) is 2. The van der Waals surface area contributed by atoms with E-state index in [-0.39, 0.29) is 42.4 Å². The Bertz CT molecular complexity index is 2740. The maximum absolute atomic E-state index is 13.9. The molecule has 19 heteroatoms. The number of fused-ring (bicyclic) bond motifs is 2. The SMILES string of the molecule is CCc1nc(C)sc1C(=O)Cc1nc2cc(C(N)=O)cc(OC)c2n1C/C=C/Cn1c(NC(=O)c2cc(C)nn2CC)nc2cc(C(N)=O)cc(OCCCN3CCN(CC)CC3)c21. The van der Waals surface area contributed by atoms with Crippen LogP contribution < -0.4 is 26.3 Å². The highest BCUT2D eigenvalue weighted by molar-refractivity contribution is 7.13. The summed E-state index contributed by atoms with van der Waals surface area (Å²) in [6.07, 6.45) is 5.15. The van der Waals surface area contributed by atoms with Crippen LogP contribution in [0.15, 0.2) is 42.5 Å². The van der Waals surface area contributed by atoms with Crippen molar-refractivity contribution in [1.82, 2.24) is 43.7 Å². The minimum absolute atomic E-state index is 0.0276. The van der Waals surface area contributed by atoms with E-state index in [2.05, 4.69) is 32.1 Å². The number of piperazine rings is 1. The molecule has 0 unspecified atom stereocenters. The van der Waals surface area contributed by atoms with Gasteiger partial charge in [0.2, 0.25) is 17.8 Å². The number of allylic oxidation sites excluding steroid dienone is 2. The number of Topliss-reactive ketones (excluding diaryl/α,β-unsaturated/α-hetero) is 1. The molecule has 5 N–H and O–H groups in total. The topological polar surface area (TPSA) is 224 Å². The number of hydrogen-bond acceptors (Lipinski definition) is 13. The number of methoxy groups -OCH3 is 1. The van der Waals surface area contributed by atoms with E-state index >= 15 is 0 Å². The molecule has 1 saturated heterocycles. The van der Waals surface area contributed by atoms with Gasteiger partial charge in [0.05, 0.1) is 52.4 Å². The van der Waals surface area contributed by atoms with Crippen molar-refractivity contribution in [3.63, 3.8) is 0 Å². The molecular weight excluding hydrogens is 837 g/mol. The monoisotopic (exact) mass is 892 g/mol. The summed E-state index contributed by atoms with van der Waals surface area (Å²) < 4.78 is 17.5. The van der Waals surface area contributed by atoms with Crippen LogP contribution >= 0.6 is 11.3 Å². The van der Waals surface area contributed by atoms with Crippen LogP contribution in [0.25, 0.3) is 22.1 Å². The zero-order chi connectivity index (χ0) is 45.7. The first-order chi connectivity index (χ1) is 30.8. The molecule has 6 aromatic rings. The number of rotatable bonds is 20. The first-order valence-corrected chi connectivity index (χ1v) is 22.4. The Balaban J connectivity index is 1.24. The van der Waals surface area contributed by atoms with E-state index in [1.165, 1.54) is 18.4 Å². The van der Waals surface area contributed by atoms with Gasteiger partial charge in [0, 0.05) is 63.5 Å². The number of likely N-dealkylation sites (N-methyl/N-ethyl adjacent to an activating group) is 1. The maximum Gasteiger partial charge on any atom is 0.276 e. The van der Waals surface area contributed by atoms with Gasteiger partial charge in [-0.2, -0.15) is 5.10 Å². The lowest BCUT2D eigenvalue weighted by Crippen LogP contribution is -2.46. The number of primary amides is 2. The fraction of sp³-hybridized carbons (Fsp3) is 0.422. The number of carbonyl (C=O) groups is 4. The van der Waals surface area contributed by atoms with Gasteiger partial charge >= 0.3 is 0 Å². The van der Waals surface area contributed by atoms with Crippen molar-refractivity contribution >= 4 is 62.9 Å². The van der Waals surface area contributed by atoms with Crippen molar-refractivity contribution in [1.29, 1.82) is 0 Å². The van der Waals surface area contributed by atoms with Gasteiger partial charge in [0.25, 0.3) is 5.91 Å². The van der Waals surface area contributed by atoms with Crippen LogP contribution in [0.4, 0.5) is 5.95 Å². The second-order valence-corrected chi connectivity index (χ2v) is 16.9. The van der Waals surface area contributed by atoms with Crippen molar-refractivity contribution in [2.45, 2.75) is 73.5 Å². The minimum Gasteiger partial charge on any atom is -0.494 e. The molecule has 338 valence electrons. The van der Waals surface area contributed by atoms with E-state index in [1.54, 1.807) is 35.0 Å². The number of thiazole rings is 1. The number of amides is 3. The molecule has 1 fully saturated rings. The molecule has 0 saturated carbocycles. The zero-order valence-electron chi connectivity index (χ0n) is 37.3. The van der Waals surface area contributed by atoms with E-state index in [0.29, 0.717) is 75.2 Å². The second-order valence-electron chi connectivity index (χ2n) is 15.7.